The summed E-state index contributed by atoms with van der Waals surface area (Å²) in [5.41, 5.74) is -0.307. The summed E-state index contributed by atoms with van der Waals surface area (Å²) in [4.78, 5) is 8.15. The van der Waals surface area contributed by atoms with Gasteiger partial charge in [-0.25, -0.2) is 9.97 Å². The molecular weight excluding hydrogens is 234 g/mol. The van der Waals surface area contributed by atoms with Crippen molar-refractivity contribution < 1.29 is 14.9 Å². The third kappa shape index (κ3) is 1.69. The maximum atomic E-state index is 10.4. The van der Waals surface area contributed by atoms with Crippen LogP contribution in [0.25, 0.3) is 11.0 Å². The maximum absolute atomic E-state index is 10.4. The van der Waals surface area contributed by atoms with Crippen LogP contribution in [-0.4, -0.2) is 43.1 Å². The number of fused-ring (bicyclic) bond motifs is 1. The minimum atomic E-state index is -1.02. The molecule has 1 aliphatic rings. The Labute approximate surface area is 104 Å². The van der Waals surface area contributed by atoms with Crippen LogP contribution in [0.5, 0.6) is 0 Å². The van der Waals surface area contributed by atoms with Gasteiger partial charge in [0.15, 0.2) is 6.23 Å². The van der Waals surface area contributed by atoms with Crippen LogP contribution in [0.4, 0.5) is 0 Å². The van der Waals surface area contributed by atoms with Crippen LogP contribution < -0.4 is 0 Å². The van der Waals surface area contributed by atoms with Gasteiger partial charge in [-0.15, -0.1) is 0 Å². The SMILES string of the molecule is C[C@]1(O)C[C@@H](CO)OC1n1ccc2cncnc21. The number of hydrogen-bond donors (Lipinski definition) is 2. The fraction of sp³-hybridized carbons (Fsp3) is 0.500. The van der Waals surface area contributed by atoms with Crippen LogP contribution in [0.2, 0.25) is 0 Å². The third-order valence-electron chi connectivity index (χ3n) is 3.33. The minimum absolute atomic E-state index is 0.0964. The molecule has 1 saturated heterocycles. The van der Waals surface area contributed by atoms with Crippen LogP contribution in [0.15, 0.2) is 24.8 Å². The molecule has 0 saturated carbocycles. The number of rotatable bonds is 2. The van der Waals surface area contributed by atoms with Gasteiger partial charge in [-0.1, -0.05) is 0 Å². The topological polar surface area (TPSA) is 80.4 Å². The summed E-state index contributed by atoms with van der Waals surface area (Å²) in [6.45, 7) is 1.61. The lowest BCUT2D eigenvalue weighted by Crippen LogP contribution is -2.31. The first-order valence-corrected chi connectivity index (χ1v) is 5.87. The van der Waals surface area contributed by atoms with Crippen LogP contribution in [-0.2, 0) is 4.74 Å². The van der Waals surface area contributed by atoms with Crippen LogP contribution in [0.3, 0.4) is 0 Å². The summed E-state index contributed by atoms with van der Waals surface area (Å²) in [5, 5.41) is 20.4. The Morgan fingerprint density at radius 1 is 1.61 bits per heavy atom. The number of nitrogens with zero attached hydrogens (tertiary/aromatic N) is 3. The average molecular weight is 249 g/mol. The van der Waals surface area contributed by atoms with Crippen molar-refractivity contribution >= 4 is 11.0 Å². The minimum Gasteiger partial charge on any atom is -0.394 e. The van der Waals surface area contributed by atoms with Gasteiger partial charge in [0.05, 0.1) is 12.7 Å². The van der Waals surface area contributed by atoms with E-state index in [1.807, 2.05) is 12.3 Å². The van der Waals surface area contributed by atoms with Gasteiger partial charge in [-0.3, -0.25) is 0 Å². The molecule has 0 bridgehead atoms. The van der Waals surface area contributed by atoms with Crippen molar-refractivity contribution in [1.29, 1.82) is 0 Å². The molecule has 6 heteroatoms. The van der Waals surface area contributed by atoms with E-state index in [-0.39, 0.29) is 12.7 Å². The highest BCUT2D eigenvalue weighted by Gasteiger charge is 2.45. The summed E-state index contributed by atoms with van der Waals surface area (Å²) in [6, 6.07) is 1.88. The normalized spacial score (nSPS) is 32.2. The van der Waals surface area contributed by atoms with Gasteiger partial charge in [0.25, 0.3) is 0 Å². The first kappa shape index (κ1) is 11.6. The van der Waals surface area contributed by atoms with Crippen molar-refractivity contribution in [1.82, 2.24) is 14.5 Å². The molecule has 1 aliphatic heterocycles. The number of hydrogen-bond acceptors (Lipinski definition) is 5. The smallest absolute Gasteiger partial charge is 0.164 e. The van der Waals surface area contributed by atoms with Crippen LogP contribution in [0.1, 0.15) is 19.6 Å². The summed E-state index contributed by atoms with van der Waals surface area (Å²) in [5.74, 6) is 0. The number of aliphatic hydroxyl groups excluding tert-OH is 1. The van der Waals surface area contributed by atoms with E-state index < -0.39 is 11.8 Å². The van der Waals surface area contributed by atoms with Crippen molar-refractivity contribution in [2.45, 2.75) is 31.3 Å². The van der Waals surface area contributed by atoms with E-state index in [0.717, 1.165) is 5.39 Å². The van der Waals surface area contributed by atoms with E-state index in [1.165, 1.54) is 6.33 Å². The number of aliphatic hydroxyl groups is 2. The third-order valence-corrected chi connectivity index (χ3v) is 3.33. The first-order chi connectivity index (χ1) is 8.62. The highest BCUT2D eigenvalue weighted by atomic mass is 16.5. The molecule has 3 heterocycles. The summed E-state index contributed by atoms with van der Waals surface area (Å²) in [6.07, 6.45) is 4.52. The maximum Gasteiger partial charge on any atom is 0.164 e. The summed E-state index contributed by atoms with van der Waals surface area (Å²) in [7, 11) is 0. The lowest BCUT2D eigenvalue weighted by atomic mass is 10.0. The molecule has 96 valence electrons. The first-order valence-electron chi connectivity index (χ1n) is 5.87. The lowest BCUT2D eigenvalue weighted by Gasteiger charge is -2.25. The van der Waals surface area contributed by atoms with E-state index in [4.69, 9.17) is 9.84 Å². The largest absolute Gasteiger partial charge is 0.394 e. The Morgan fingerprint density at radius 2 is 2.44 bits per heavy atom. The second-order valence-electron chi connectivity index (χ2n) is 4.88. The van der Waals surface area contributed by atoms with E-state index in [9.17, 15) is 5.11 Å². The van der Waals surface area contributed by atoms with E-state index in [1.54, 1.807) is 17.7 Å². The van der Waals surface area contributed by atoms with Gasteiger partial charge in [0.1, 0.15) is 17.6 Å². The molecule has 1 unspecified atom stereocenters. The van der Waals surface area contributed by atoms with Gasteiger partial charge in [-0.05, 0) is 13.0 Å². The second-order valence-corrected chi connectivity index (χ2v) is 4.88. The van der Waals surface area contributed by atoms with Crippen molar-refractivity contribution in [3.63, 3.8) is 0 Å². The average Bonchev–Trinajstić information content (AvgIpc) is 2.89. The molecule has 2 aromatic heterocycles. The molecule has 1 fully saturated rings. The van der Waals surface area contributed by atoms with Crippen molar-refractivity contribution in [3.05, 3.63) is 24.8 Å². The summed E-state index contributed by atoms with van der Waals surface area (Å²) < 4.78 is 7.47. The van der Waals surface area contributed by atoms with Gasteiger partial charge in [0, 0.05) is 24.2 Å². The number of aromatic nitrogens is 3. The van der Waals surface area contributed by atoms with Gasteiger partial charge in [-0.2, -0.15) is 0 Å². The Kier molecular flexibility index (Phi) is 2.58. The standard InChI is InChI=1S/C12H15N3O3/c1-12(17)4-9(6-16)18-11(12)15-3-2-8-5-13-7-14-10(8)15/h2-3,5,7,9,11,16-17H,4,6H2,1H3/t9-,11?,12-/m0/s1. The molecule has 2 aromatic rings. The molecular formula is C12H15N3O3. The molecule has 0 aromatic carbocycles. The predicted molar refractivity (Wildman–Crippen MR) is 63.8 cm³/mol. The Balaban J connectivity index is 2.04. The molecule has 0 radical (unpaired) electrons. The molecule has 0 spiro atoms. The Bertz CT molecular complexity index is 566. The number of ether oxygens (including phenoxy) is 1. The molecule has 18 heavy (non-hydrogen) atoms. The van der Waals surface area contributed by atoms with Crippen LogP contribution in [0, 0.1) is 0 Å². The quantitative estimate of drug-likeness (QED) is 0.808. The van der Waals surface area contributed by atoms with Gasteiger partial charge < -0.3 is 19.5 Å². The highest BCUT2D eigenvalue weighted by molar-refractivity contribution is 5.74. The van der Waals surface area contributed by atoms with Crippen molar-refractivity contribution in [2.24, 2.45) is 0 Å². The van der Waals surface area contributed by atoms with E-state index in [2.05, 4.69) is 9.97 Å². The van der Waals surface area contributed by atoms with Gasteiger partial charge in [0.2, 0.25) is 0 Å². The zero-order valence-corrected chi connectivity index (χ0v) is 10.0. The Hall–Kier alpha value is -1.50. The van der Waals surface area contributed by atoms with E-state index in [0.29, 0.717) is 12.1 Å². The molecule has 6 nitrogen and oxygen atoms in total. The summed E-state index contributed by atoms with van der Waals surface area (Å²) >= 11 is 0. The zero-order chi connectivity index (χ0) is 12.8. The predicted octanol–water partition coefficient (Wildman–Crippen LogP) is 0.462. The van der Waals surface area contributed by atoms with Gasteiger partial charge >= 0.3 is 0 Å². The zero-order valence-electron chi connectivity index (χ0n) is 10.0. The van der Waals surface area contributed by atoms with E-state index >= 15 is 0 Å². The molecule has 0 aliphatic carbocycles. The lowest BCUT2D eigenvalue weighted by molar-refractivity contribution is -0.0852. The second kappa shape index (κ2) is 4.01. The monoisotopic (exact) mass is 249 g/mol. The molecule has 3 atom stereocenters. The van der Waals surface area contributed by atoms with Crippen LogP contribution >= 0.6 is 0 Å². The fourth-order valence-electron chi connectivity index (χ4n) is 2.50. The van der Waals surface area contributed by atoms with Crippen molar-refractivity contribution in [3.8, 4) is 0 Å². The Morgan fingerprint density at radius 3 is 3.17 bits per heavy atom. The molecule has 2 N–H and O–H groups in total. The van der Waals surface area contributed by atoms with Crippen molar-refractivity contribution in [2.75, 3.05) is 6.61 Å². The fourth-order valence-corrected chi connectivity index (χ4v) is 2.50. The molecule has 0 amide bonds. The highest BCUT2D eigenvalue weighted by Crippen LogP contribution is 2.38. The molecule has 3 rings (SSSR count).